The van der Waals surface area contributed by atoms with Gasteiger partial charge in [-0.2, -0.15) is 0 Å². The maximum absolute atomic E-state index is 5.89. The fourth-order valence-electron chi connectivity index (χ4n) is 2.96. The molecule has 5 nitrogen and oxygen atoms in total. The lowest BCUT2D eigenvalue weighted by Crippen LogP contribution is -2.40. The van der Waals surface area contributed by atoms with Crippen LogP contribution in [-0.2, 0) is 17.9 Å². The molecule has 146 valence electrons. The highest BCUT2D eigenvalue weighted by Gasteiger charge is 2.15. The molecule has 1 unspecified atom stereocenters. The molecule has 6 heteroatoms. The number of guanidine groups is 1. The zero-order chi connectivity index (χ0) is 18.0. The van der Waals surface area contributed by atoms with Gasteiger partial charge in [0.1, 0.15) is 12.4 Å². The first kappa shape index (κ1) is 21.5. The highest BCUT2D eigenvalue weighted by atomic mass is 127. The van der Waals surface area contributed by atoms with Crippen molar-refractivity contribution in [2.45, 2.75) is 32.1 Å². The third-order valence-electron chi connectivity index (χ3n) is 4.45. The van der Waals surface area contributed by atoms with Gasteiger partial charge in [0.15, 0.2) is 5.96 Å². The minimum absolute atomic E-state index is 0. The quantitative estimate of drug-likeness (QED) is 0.360. The smallest absolute Gasteiger partial charge is 0.191 e. The SMILES string of the molecule is CN=C(NCc1ccccc1COc1ccccc1)NCC1CCCO1.I. The highest BCUT2D eigenvalue weighted by Crippen LogP contribution is 2.15. The van der Waals surface area contributed by atoms with Crippen LogP contribution >= 0.6 is 24.0 Å². The summed E-state index contributed by atoms with van der Waals surface area (Å²) in [4.78, 5) is 4.29. The molecule has 0 radical (unpaired) electrons. The molecule has 27 heavy (non-hydrogen) atoms. The van der Waals surface area contributed by atoms with Gasteiger partial charge in [0.05, 0.1) is 6.10 Å². The first-order valence-electron chi connectivity index (χ1n) is 9.16. The van der Waals surface area contributed by atoms with Crippen LogP contribution in [0.1, 0.15) is 24.0 Å². The molecule has 2 N–H and O–H groups in total. The number of para-hydroxylation sites is 1. The molecular weight excluding hydrogens is 453 g/mol. The fourth-order valence-corrected chi connectivity index (χ4v) is 2.96. The van der Waals surface area contributed by atoms with E-state index in [4.69, 9.17) is 9.47 Å². The van der Waals surface area contributed by atoms with E-state index in [-0.39, 0.29) is 24.0 Å². The predicted molar refractivity (Wildman–Crippen MR) is 120 cm³/mol. The molecule has 0 spiro atoms. The molecule has 0 aromatic heterocycles. The van der Waals surface area contributed by atoms with Gasteiger partial charge in [0, 0.05) is 26.7 Å². The van der Waals surface area contributed by atoms with Gasteiger partial charge < -0.3 is 20.1 Å². The standard InChI is InChI=1S/C21H27N3O2.HI/c1-22-21(24-15-20-12-7-13-25-20)23-14-17-8-5-6-9-18(17)16-26-19-10-3-2-4-11-19;/h2-6,8-11,20H,7,12-16H2,1H3,(H2,22,23,24);1H. The molecule has 2 aromatic carbocycles. The van der Waals surface area contributed by atoms with Gasteiger partial charge in [-0.25, -0.2) is 0 Å². The van der Waals surface area contributed by atoms with E-state index >= 15 is 0 Å². The number of aliphatic imine (C=N–C) groups is 1. The van der Waals surface area contributed by atoms with Crippen LogP contribution in [-0.4, -0.2) is 32.3 Å². The van der Waals surface area contributed by atoms with E-state index < -0.39 is 0 Å². The fraction of sp³-hybridized carbons (Fsp3) is 0.381. The summed E-state index contributed by atoms with van der Waals surface area (Å²) in [6.07, 6.45) is 2.55. The van der Waals surface area contributed by atoms with Gasteiger partial charge in [0.25, 0.3) is 0 Å². The number of ether oxygens (including phenoxy) is 2. The molecule has 2 aromatic rings. The first-order chi connectivity index (χ1) is 12.8. The minimum Gasteiger partial charge on any atom is -0.489 e. The number of hydrogen-bond acceptors (Lipinski definition) is 3. The molecule has 1 fully saturated rings. The molecule has 0 aliphatic carbocycles. The lowest BCUT2D eigenvalue weighted by molar-refractivity contribution is 0.114. The third-order valence-corrected chi connectivity index (χ3v) is 4.45. The lowest BCUT2D eigenvalue weighted by atomic mass is 10.1. The molecule has 1 heterocycles. The average molecular weight is 481 g/mol. The summed E-state index contributed by atoms with van der Waals surface area (Å²) >= 11 is 0. The van der Waals surface area contributed by atoms with Crippen LogP contribution in [0.15, 0.2) is 59.6 Å². The van der Waals surface area contributed by atoms with Crippen molar-refractivity contribution in [1.82, 2.24) is 10.6 Å². The molecular formula is C21H28IN3O2. The Kier molecular flexibility index (Phi) is 9.41. The summed E-state index contributed by atoms with van der Waals surface area (Å²) < 4.78 is 11.5. The largest absolute Gasteiger partial charge is 0.489 e. The van der Waals surface area contributed by atoms with Gasteiger partial charge in [0.2, 0.25) is 0 Å². The average Bonchev–Trinajstić information content (AvgIpc) is 3.21. The Morgan fingerprint density at radius 3 is 2.52 bits per heavy atom. The Morgan fingerprint density at radius 1 is 1.07 bits per heavy atom. The summed E-state index contributed by atoms with van der Waals surface area (Å²) in [6, 6.07) is 18.2. The third kappa shape index (κ3) is 7.03. The Labute approximate surface area is 178 Å². The number of benzene rings is 2. The summed E-state index contributed by atoms with van der Waals surface area (Å²) in [5.74, 6) is 1.67. The Morgan fingerprint density at radius 2 is 1.81 bits per heavy atom. The van der Waals surface area contributed by atoms with Gasteiger partial charge in [-0.1, -0.05) is 42.5 Å². The second-order valence-corrected chi connectivity index (χ2v) is 6.31. The lowest BCUT2D eigenvalue weighted by Gasteiger charge is -2.16. The Bertz CT molecular complexity index is 704. The predicted octanol–water partition coefficient (Wildman–Crippen LogP) is 3.73. The molecule has 3 rings (SSSR count). The van der Waals surface area contributed by atoms with E-state index in [0.29, 0.717) is 19.3 Å². The molecule has 1 atom stereocenters. The van der Waals surface area contributed by atoms with Crippen LogP contribution in [0.25, 0.3) is 0 Å². The Hall–Kier alpha value is -1.80. The number of halogens is 1. The van der Waals surface area contributed by atoms with E-state index in [1.807, 2.05) is 42.5 Å². The monoisotopic (exact) mass is 481 g/mol. The van der Waals surface area contributed by atoms with Crippen molar-refractivity contribution < 1.29 is 9.47 Å². The molecule has 0 amide bonds. The van der Waals surface area contributed by atoms with Crippen LogP contribution in [0.5, 0.6) is 5.75 Å². The molecule has 1 saturated heterocycles. The van der Waals surface area contributed by atoms with Gasteiger partial charge in [-0.15, -0.1) is 24.0 Å². The second kappa shape index (κ2) is 11.8. The van der Waals surface area contributed by atoms with E-state index in [9.17, 15) is 0 Å². The van der Waals surface area contributed by atoms with Crippen LogP contribution in [0.2, 0.25) is 0 Å². The minimum atomic E-state index is 0. The van der Waals surface area contributed by atoms with Crippen molar-refractivity contribution in [1.29, 1.82) is 0 Å². The van der Waals surface area contributed by atoms with Crippen LogP contribution in [0.3, 0.4) is 0 Å². The van der Waals surface area contributed by atoms with Crippen LogP contribution in [0, 0.1) is 0 Å². The number of hydrogen-bond donors (Lipinski definition) is 2. The van der Waals surface area contributed by atoms with E-state index in [0.717, 1.165) is 37.7 Å². The Balaban J connectivity index is 0.00000261. The second-order valence-electron chi connectivity index (χ2n) is 6.31. The van der Waals surface area contributed by atoms with Gasteiger partial charge >= 0.3 is 0 Å². The van der Waals surface area contributed by atoms with E-state index in [1.54, 1.807) is 7.05 Å². The highest BCUT2D eigenvalue weighted by molar-refractivity contribution is 14.0. The number of nitrogens with zero attached hydrogens (tertiary/aromatic N) is 1. The molecule has 1 aliphatic rings. The van der Waals surface area contributed by atoms with Crippen LogP contribution < -0.4 is 15.4 Å². The molecule has 0 saturated carbocycles. The van der Waals surface area contributed by atoms with Crippen molar-refractivity contribution in [3.8, 4) is 5.75 Å². The first-order valence-corrected chi connectivity index (χ1v) is 9.16. The maximum atomic E-state index is 5.89. The maximum Gasteiger partial charge on any atom is 0.191 e. The topological polar surface area (TPSA) is 54.9 Å². The van der Waals surface area contributed by atoms with E-state index in [2.05, 4.69) is 27.8 Å². The number of nitrogens with one attached hydrogen (secondary N) is 2. The normalized spacial score (nSPS) is 16.5. The molecule has 0 bridgehead atoms. The zero-order valence-corrected chi connectivity index (χ0v) is 18.0. The van der Waals surface area contributed by atoms with Crippen molar-refractivity contribution in [3.63, 3.8) is 0 Å². The molecule has 1 aliphatic heterocycles. The van der Waals surface area contributed by atoms with Crippen molar-refractivity contribution in [2.24, 2.45) is 4.99 Å². The van der Waals surface area contributed by atoms with Crippen molar-refractivity contribution in [2.75, 3.05) is 20.2 Å². The summed E-state index contributed by atoms with van der Waals surface area (Å²) in [6.45, 7) is 2.90. The van der Waals surface area contributed by atoms with E-state index in [1.165, 1.54) is 11.1 Å². The number of rotatable bonds is 7. The van der Waals surface area contributed by atoms with Crippen LogP contribution in [0.4, 0.5) is 0 Å². The van der Waals surface area contributed by atoms with Crippen molar-refractivity contribution >= 4 is 29.9 Å². The van der Waals surface area contributed by atoms with Gasteiger partial charge in [-0.3, -0.25) is 4.99 Å². The summed E-state index contributed by atoms with van der Waals surface area (Å²) in [7, 11) is 1.79. The van der Waals surface area contributed by atoms with Gasteiger partial charge in [-0.05, 0) is 36.1 Å². The summed E-state index contributed by atoms with van der Waals surface area (Å²) in [5.41, 5.74) is 2.36. The van der Waals surface area contributed by atoms with Crippen molar-refractivity contribution in [3.05, 3.63) is 65.7 Å². The zero-order valence-electron chi connectivity index (χ0n) is 15.7. The summed E-state index contributed by atoms with van der Waals surface area (Å²) in [5, 5.41) is 6.72.